The highest BCUT2D eigenvalue weighted by molar-refractivity contribution is 7.80. The minimum absolute atomic E-state index is 0.0460. The van der Waals surface area contributed by atoms with Gasteiger partial charge in [0.25, 0.3) is 11.8 Å². The van der Waals surface area contributed by atoms with Gasteiger partial charge in [-0.15, -0.1) is 79.0 Å². The maximum absolute atomic E-state index is 13.1. The quantitative estimate of drug-likeness (QED) is 0.0132. The van der Waals surface area contributed by atoms with Gasteiger partial charge in [-0.25, -0.2) is 0 Å². The molecule has 19 nitrogen and oxygen atoms in total. The zero-order valence-electron chi connectivity index (χ0n) is 67.7. The van der Waals surface area contributed by atoms with E-state index in [9.17, 15) is 93.4 Å². The van der Waals surface area contributed by atoms with Gasteiger partial charge in [0.1, 0.15) is 52.1 Å². The van der Waals surface area contributed by atoms with Crippen molar-refractivity contribution in [3.63, 3.8) is 0 Å². The monoisotopic (exact) mass is 1840 g/mol. The van der Waals surface area contributed by atoms with E-state index in [1.54, 1.807) is 18.2 Å². The standard InChI is InChI=1S/C30H36F6N4O3S.C29H33F6N3O4S.C26H27F6NO4S/c31-29(32,33)42-24-6-4-5-23(19-24)39-28(44)38-22-10-7-20(8-11-22)17-21-9-12-26(43-30(34,35)36)25(18-21)27(41)37-13-16-40-14-2-1-3-15-40;30-28(31,32)41-23-7-4-6-19(17-23)36-27(43)37-20-9-10-21(16-20)40-22-11-12-26(42-29(33,34)35)24(18-22)25(39)8-5-15-38-13-2-1-3-14-38;1-2-10-33-24(34)22-15-20(37-26(30,31)32)8-9-23(22)35-18-7-6-17(11-18)14-21(38)13-16-4-3-5-19(12-16)36-25(27,28)29/h4-6,9,12,18-20,22H,1-3,7-8,10-11,13-17H2,(H,37,41)(H2,38,39,44);4,6-7,11-12,17-18,20-21H,1-3,5,8-10,13-16H2,(H2,36,37,43);3-5,8-9,12,15,17-18H,2,6-7,10-11,13-14H2,1H3,(H,33,34). The number of hydrogen-bond donors (Lipinski definition) is 6. The van der Waals surface area contributed by atoms with Gasteiger partial charge in [-0.1, -0.05) is 62.3 Å². The van der Waals surface area contributed by atoms with Crippen molar-refractivity contribution in [3.05, 3.63) is 155 Å². The molecule has 0 bridgehead atoms. The molecule has 4 unspecified atom stereocenters. The number of rotatable bonds is 32. The lowest BCUT2D eigenvalue weighted by molar-refractivity contribution is -0.275. The fourth-order valence-electron chi connectivity index (χ4n) is 15.3. The van der Waals surface area contributed by atoms with Gasteiger partial charge >= 0.3 is 38.2 Å². The van der Waals surface area contributed by atoms with Crippen molar-refractivity contribution >= 4 is 80.7 Å². The Morgan fingerprint density at radius 2 is 0.864 bits per heavy atom. The molecular formula is C85H96F18N8O11S3. The number of anilines is 2. The van der Waals surface area contributed by atoms with Crippen LogP contribution in [-0.2, 0) is 12.8 Å². The summed E-state index contributed by atoms with van der Waals surface area (Å²) in [6, 6.07) is 27.6. The molecule has 2 saturated heterocycles. The zero-order chi connectivity index (χ0) is 90.7. The lowest BCUT2D eigenvalue weighted by Crippen LogP contribution is -2.40. The number of Topliss-reactive ketones (excluding diaryl/α,β-unsaturated/α-hetero) is 1. The largest absolute Gasteiger partial charge is 0.573 e. The van der Waals surface area contributed by atoms with E-state index in [4.69, 9.17) is 46.1 Å². The van der Waals surface area contributed by atoms with E-state index >= 15 is 0 Å². The summed E-state index contributed by atoms with van der Waals surface area (Å²) in [5, 5.41) is 17.8. The molecule has 0 aromatic heterocycles. The van der Waals surface area contributed by atoms with Crippen LogP contribution in [0.2, 0.25) is 0 Å². The third-order valence-corrected chi connectivity index (χ3v) is 21.4. The summed E-state index contributed by atoms with van der Waals surface area (Å²) in [6.07, 6.45) is -13.3. The number of carbonyl (C=O) groups is 3. The maximum atomic E-state index is 13.1. The highest BCUT2D eigenvalue weighted by Gasteiger charge is 2.39. The van der Waals surface area contributed by atoms with Crippen molar-refractivity contribution in [3.8, 4) is 46.0 Å². The Morgan fingerprint density at radius 1 is 0.416 bits per heavy atom. The zero-order valence-corrected chi connectivity index (χ0v) is 70.2. The number of nitrogens with one attached hydrogen (secondary N) is 6. The van der Waals surface area contributed by atoms with Gasteiger partial charge < -0.3 is 79.6 Å². The first-order valence-corrected chi connectivity index (χ1v) is 42.0. The van der Waals surface area contributed by atoms with Crippen LogP contribution >= 0.6 is 36.7 Å². The number of likely N-dealkylation sites (tertiary alicyclic amines) is 2. The molecule has 0 spiro atoms. The van der Waals surface area contributed by atoms with E-state index in [1.165, 1.54) is 104 Å². The molecule has 3 saturated carbocycles. The highest BCUT2D eigenvalue weighted by atomic mass is 32.1. The Hall–Kier alpha value is -9.54. The van der Waals surface area contributed by atoms with E-state index in [0.29, 0.717) is 112 Å². The molecule has 2 heterocycles. The summed E-state index contributed by atoms with van der Waals surface area (Å²) >= 11 is 16.1. The molecular weight excluding hydrogens is 1750 g/mol. The van der Waals surface area contributed by atoms with E-state index in [0.717, 1.165) is 108 Å². The van der Waals surface area contributed by atoms with Crippen LogP contribution < -0.4 is 69.8 Å². The number of halogens is 18. The second-order valence-electron chi connectivity index (χ2n) is 30.7. The third-order valence-electron chi connectivity index (χ3n) is 20.7. The first-order valence-electron chi connectivity index (χ1n) is 40.8. The number of hydrogen-bond acceptors (Lipinski definition) is 16. The smallest absolute Gasteiger partial charge is 0.490 e. The van der Waals surface area contributed by atoms with Gasteiger partial charge in [0.05, 0.1) is 22.8 Å². The molecule has 2 aliphatic heterocycles. The van der Waals surface area contributed by atoms with Crippen molar-refractivity contribution in [1.29, 1.82) is 0 Å². The first kappa shape index (κ1) is 99.2. The van der Waals surface area contributed by atoms with Crippen molar-refractivity contribution in [1.82, 2.24) is 31.1 Å². The number of ketones is 1. The molecule has 686 valence electrons. The summed E-state index contributed by atoms with van der Waals surface area (Å²) in [7, 11) is 0. The Balaban J connectivity index is 0.000000213. The van der Waals surface area contributed by atoms with Gasteiger partial charge in [0.2, 0.25) is 0 Å². The average molecular weight is 1840 g/mol. The molecule has 6 N–H and O–H groups in total. The van der Waals surface area contributed by atoms with Crippen molar-refractivity contribution < 1.29 is 131 Å². The second kappa shape index (κ2) is 46.3. The van der Waals surface area contributed by atoms with Gasteiger partial charge in [-0.05, 0) is 279 Å². The lowest BCUT2D eigenvalue weighted by atomic mass is 9.82. The number of amides is 2. The van der Waals surface area contributed by atoms with Crippen LogP contribution in [-0.4, -0.2) is 157 Å². The fourth-order valence-corrected chi connectivity index (χ4v) is 16.2. The lowest BCUT2D eigenvalue weighted by Gasteiger charge is -2.30. The minimum atomic E-state index is -4.95. The van der Waals surface area contributed by atoms with Crippen molar-refractivity contribution in [2.24, 2.45) is 11.8 Å². The fraction of sp³-hybridized carbons (Fsp3) is 0.506. The number of piperidine rings is 2. The highest BCUT2D eigenvalue weighted by Crippen LogP contribution is 2.39. The van der Waals surface area contributed by atoms with Crippen LogP contribution in [0.15, 0.2) is 127 Å². The number of nitrogens with zero attached hydrogens (tertiary/aromatic N) is 2. The van der Waals surface area contributed by atoms with Crippen LogP contribution in [0, 0.1) is 11.8 Å². The third kappa shape index (κ3) is 37.1. The van der Waals surface area contributed by atoms with E-state index in [1.807, 2.05) is 6.92 Å². The average Bonchev–Trinajstić information content (AvgIpc) is 1.76. The molecule has 40 heteroatoms. The number of ether oxygens (including phenoxy) is 8. The second-order valence-corrected chi connectivity index (χ2v) is 32.1. The Morgan fingerprint density at radius 3 is 1.42 bits per heavy atom. The maximum Gasteiger partial charge on any atom is 0.573 e. The van der Waals surface area contributed by atoms with E-state index in [2.05, 4.69) is 70.1 Å². The molecule has 5 fully saturated rings. The van der Waals surface area contributed by atoms with Gasteiger partial charge in [-0.2, -0.15) is 0 Å². The summed E-state index contributed by atoms with van der Waals surface area (Å²) in [5.74, 6) is -3.47. The summed E-state index contributed by atoms with van der Waals surface area (Å²) in [4.78, 5) is 43.7. The van der Waals surface area contributed by atoms with Crippen molar-refractivity contribution in [2.75, 3.05) is 63.0 Å². The summed E-state index contributed by atoms with van der Waals surface area (Å²) in [6.45, 7) is 7.67. The Labute approximate surface area is 726 Å². The Kier molecular flexibility index (Phi) is 36.7. The molecule has 2 amide bonds. The minimum Gasteiger partial charge on any atom is -0.490 e. The van der Waals surface area contributed by atoms with Crippen LogP contribution in [0.5, 0.6) is 46.0 Å². The molecule has 3 aliphatic carbocycles. The first-order chi connectivity index (χ1) is 59.0. The molecule has 6 aromatic rings. The topological polar surface area (TPSA) is 204 Å². The molecule has 0 radical (unpaired) electrons. The number of benzene rings is 6. The Bertz CT molecular complexity index is 4520. The molecule has 125 heavy (non-hydrogen) atoms. The van der Waals surface area contributed by atoms with Gasteiger partial charge in [0.15, 0.2) is 16.0 Å². The molecule has 5 aliphatic rings. The van der Waals surface area contributed by atoms with E-state index in [-0.39, 0.29) is 98.2 Å². The van der Waals surface area contributed by atoms with Crippen LogP contribution in [0.3, 0.4) is 0 Å². The summed E-state index contributed by atoms with van der Waals surface area (Å²) in [5.41, 5.74) is 1.63. The molecule has 6 aromatic carbocycles. The van der Waals surface area contributed by atoms with E-state index < -0.39 is 73.0 Å². The van der Waals surface area contributed by atoms with Crippen LogP contribution in [0.25, 0.3) is 0 Å². The molecule has 11 rings (SSSR count). The van der Waals surface area contributed by atoms with Gasteiger partial charge in [0, 0.05) is 74.5 Å². The number of alkyl halides is 18. The van der Waals surface area contributed by atoms with Gasteiger partial charge in [-0.3, -0.25) is 14.4 Å². The van der Waals surface area contributed by atoms with Crippen LogP contribution in [0.1, 0.15) is 178 Å². The normalized spacial score (nSPS) is 19.0. The number of thiocarbonyl (C=S) groups is 3. The predicted molar refractivity (Wildman–Crippen MR) is 441 cm³/mol. The van der Waals surface area contributed by atoms with Crippen LogP contribution in [0.4, 0.5) is 90.4 Å². The van der Waals surface area contributed by atoms with Crippen molar-refractivity contribution in [2.45, 2.75) is 211 Å². The predicted octanol–water partition coefficient (Wildman–Crippen LogP) is 21.2. The SMILES string of the molecule is CCCNC(=O)c1cc(OC(F)(F)F)ccc1OC1CCC(CC(=S)Cc2cccc(OC(F)(F)F)c2)C1.O=C(CCCN1CCCCC1)c1cc(OC2CCC(NC(=S)Nc3cccc(OC(F)(F)F)c3)C2)ccc1OC(F)(F)F.O=C(NCCN1CCCCC1)c1cc(CC2CCC(NC(=S)Nc3cccc(OC(F)(F)F)c3)CC2)ccc1OC(F)(F)F. The number of carbonyl (C=O) groups excluding carboxylic acids is 3. The summed E-state index contributed by atoms with van der Waals surface area (Å²) < 4.78 is 265. The molecule has 4 atom stereocenters.